The van der Waals surface area contributed by atoms with Crippen LogP contribution in [0.5, 0.6) is 0 Å². The van der Waals surface area contributed by atoms with E-state index in [-0.39, 0.29) is 0 Å². The standard InChI is InChI=1S/C5H2ClN4/c6-4-3-5(9-1-7-3)10-2-8-4/h2H,(H,7,8,9,10). The molecule has 0 aromatic carbocycles. The first-order valence-electron chi connectivity index (χ1n) is 2.60. The first-order valence-corrected chi connectivity index (χ1v) is 2.98. The van der Waals surface area contributed by atoms with E-state index in [0.29, 0.717) is 16.3 Å². The summed E-state index contributed by atoms with van der Waals surface area (Å²) in [6.45, 7) is 0. The minimum Gasteiger partial charge on any atom is -0.331 e. The zero-order valence-electron chi connectivity index (χ0n) is 4.80. The number of hydrogen-bond acceptors (Lipinski definition) is 3. The lowest BCUT2D eigenvalue weighted by Gasteiger charge is -1.86. The lowest BCUT2D eigenvalue weighted by Crippen LogP contribution is -1.80. The van der Waals surface area contributed by atoms with Crippen LogP contribution in [0, 0.1) is 6.33 Å². The van der Waals surface area contributed by atoms with Gasteiger partial charge in [-0.15, -0.1) is 0 Å². The molecule has 0 aliphatic carbocycles. The molecule has 2 rings (SSSR count). The number of hydrogen-bond donors (Lipinski definition) is 1. The predicted molar refractivity (Wildman–Crippen MR) is 35.5 cm³/mol. The predicted octanol–water partition coefficient (Wildman–Crippen LogP) is 0.806. The molecule has 4 nitrogen and oxygen atoms in total. The van der Waals surface area contributed by atoms with Crippen LogP contribution >= 0.6 is 11.6 Å². The van der Waals surface area contributed by atoms with Crippen LogP contribution in [0.3, 0.4) is 0 Å². The first kappa shape index (κ1) is 5.61. The molecule has 0 saturated heterocycles. The van der Waals surface area contributed by atoms with Crippen molar-refractivity contribution in [2.24, 2.45) is 0 Å². The molecule has 0 unspecified atom stereocenters. The molecule has 0 spiro atoms. The van der Waals surface area contributed by atoms with Crippen molar-refractivity contribution < 1.29 is 0 Å². The number of H-pyrrole nitrogens is 1. The molecule has 10 heavy (non-hydrogen) atoms. The van der Waals surface area contributed by atoms with E-state index in [2.05, 4.69) is 26.3 Å². The van der Waals surface area contributed by atoms with Crippen LogP contribution in [0.1, 0.15) is 0 Å². The summed E-state index contributed by atoms with van der Waals surface area (Å²) in [5.74, 6) is 0. The van der Waals surface area contributed by atoms with Crippen molar-refractivity contribution in [3.63, 3.8) is 0 Å². The van der Waals surface area contributed by atoms with Crippen molar-refractivity contribution in [3.8, 4) is 0 Å². The van der Waals surface area contributed by atoms with Crippen molar-refractivity contribution in [1.29, 1.82) is 0 Å². The molecular formula is C5H2ClN4. The summed E-state index contributed by atoms with van der Waals surface area (Å²) in [5, 5.41) is 0.374. The summed E-state index contributed by atoms with van der Waals surface area (Å²) in [6, 6.07) is 0. The lowest BCUT2D eigenvalue weighted by molar-refractivity contribution is 1.20. The highest BCUT2D eigenvalue weighted by Crippen LogP contribution is 2.12. The van der Waals surface area contributed by atoms with Gasteiger partial charge in [0.15, 0.2) is 17.1 Å². The van der Waals surface area contributed by atoms with E-state index in [4.69, 9.17) is 11.6 Å². The number of aromatic amines is 1. The van der Waals surface area contributed by atoms with Crippen molar-refractivity contribution in [3.05, 3.63) is 17.8 Å². The first-order chi connectivity index (χ1) is 4.88. The highest BCUT2D eigenvalue weighted by molar-refractivity contribution is 6.33. The third kappa shape index (κ3) is 0.657. The van der Waals surface area contributed by atoms with Crippen LogP contribution in [0.15, 0.2) is 6.33 Å². The molecule has 5 heteroatoms. The monoisotopic (exact) mass is 153 g/mol. The third-order valence-corrected chi connectivity index (χ3v) is 1.41. The molecule has 0 aliphatic rings. The summed E-state index contributed by atoms with van der Waals surface area (Å²) in [7, 11) is 0. The molecule has 1 N–H and O–H groups in total. The fraction of sp³-hybridized carbons (Fsp3) is 0. The zero-order chi connectivity index (χ0) is 6.97. The Balaban J connectivity index is 2.95. The molecule has 0 bridgehead atoms. The molecule has 1 radical (unpaired) electrons. The fourth-order valence-corrected chi connectivity index (χ4v) is 0.860. The summed E-state index contributed by atoms with van der Waals surface area (Å²) in [5.41, 5.74) is 1.17. The molecule has 0 fully saturated rings. The highest BCUT2D eigenvalue weighted by Gasteiger charge is 2.00. The Hall–Kier alpha value is -1.16. The maximum absolute atomic E-state index is 5.66. The van der Waals surface area contributed by atoms with Gasteiger partial charge in [0.25, 0.3) is 0 Å². The van der Waals surface area contributed by atoms with E-state index in [9.17, 15) is 0 Å². The van der Waals surface area contributed by atoms with Gasteiger partial charge in [0.2, 0.25) is 0 Å². The number of rotatable bonds is 0. The maximum atomic E-state index is 5.66. The number of aromatic nitrogens is 4. The number of imidazole rings is 1. The van der Waals surface area contributed by atoms with Gasteiger partial charge in [-0.25, -0.2) is 15.0 Å². The van der Waals surface area contributed by atoms with E-state index in [1.165, 1.54) is 6.33 Å². The average molecular weight is 154 g/mol. The number of nitrogens with zero attached hydrogens (tertiary/aromatic N) is 3. The summed E-state index contributed by atoms with van der Waals surface area (Å²) in [6.07, 6.45) is 3.88. The van der Waals surface area contributed by atoms with Crippen LogP contribution in [0.4, 0.5) is 0 Å². The Labute approximate surface area is 61.3 Å². The topological polar surface area (TPSA) is 54.5 Å². The van der Waals surface area contributed by atoms with Gasteiger partial charge in [0.05, 0.1) is 0 Å². The Morgan fingerprint density at radius 1 is 1.50 bits per heavy atom. The normalized spacial score (nSPS) is 10.5. The van der Waals surface area contributed by atoms with Gasteiger partial charge in [0.1, 0.15) is 11.8 Å². The number of nitrogens with one attached hydrogen (secondary N) is 1. The minimum atomic E-state index is 0.374. The molecule has 0 amide bonds. The Morgan fingerprint density at radius 3 is 3.20 bits per heavy atom. The van der Waals surface area contributed by atoms with Gasteiger partial charge in [-0.3, -0.25) is 0 Å². The molecule has 0 saturated carbocycles. The van der Waals surface area contributed by atoms with E-state index < -0.39 is 0 Å². The van der Waals surface area contributed by atoms with Crippen LogP contribution in [0.25, 0.3) is 11.2 Å². The highest BCUT2D eigenvalue weighted by atomic mass is 35.5. The Morgan fingerprint density at radius 2 is 2.40 bits per heavy atom. The quantitative estimate of drug-likeness (QED) is 0.570. The smallest absolute Gasteiger partial charge is 0.182 e. The second kappa shape index (κ2) is 1.91. The number of halogens is 1. The second-order valence-electron chi connectivity index (χ2n) is 1.71. The largest absolute Gasteiger partial charge is 0.331 e. The minimum absolute atomic E-state index is 0.374. The van der Waals surface area contributed by atoms with Crippen LogP contribution < -0.4 is 0 Å². The zero-order valence-corrected chi connectivity index (χ0v) is 5.55. The molecular weight excluding hydrogens is 152 g/mol. The van der Waals surface area contributed by atoms with Crippen molar-refractivity contribution in [2.45, 2.75) is 0 Å². The van der Waals surface area contributed by atoms with Crippen molar-refractivity contribution in [2.75, 3.05) is 0 Å². The third-order valence-electron chi connectivity index (χ3n) is 1.12. The summed E-state index contributed by atoms with van der Waals surface area (Å²) in [4.78, 5) is 14.0. The van der Waals surface area contributed by atoms with E-state index >= 15 is 0 Å². The molecule has 49 valence electrons. The van der Waals surface area contributed by atoms with Gasteiger partial charge < -0.3 is 4.98 Å². The van der Waals surface area contributed by atoms with Gasteiger partial charge in [-0.05, 0) is 0 Å². The average Bonchev–Trinajstić information content (AvgIpc) is 2.36. The molecule has 0 atom stereocenters. The van der Waals surface area contributed by atoms with Gasteiger partial charge >= 0.3 is 0 Å². The fourth-order valence-electron chi connectivity index (χ4n) is 0.685. The summed E-state index contributed by atoms with van der Waals surface area (Å²) >= 11 is 5.66. The van der Waals surface area contributed by atoms with Gasteiger partial charge in [-0.1, -0.05) is 11.6 Å². The van der Waals surface area contributed by atoms with Gasteiger partial charge in [0, 0.05) is 0 Å². The van der Waals surface area contributed by atoms with E-state index in [0.717, 1.165) is 0 Å². The Kier molecular flexibility index (Phi) is 1.07. The van der Waals surface area contributed by atoms with E-state index in [1.54, 1.807) is 0 Å². The number of fused-ring (bicyclic) bond motifs is 1. The molecule has 0 aliphatic heterocycles. The second-order valence-corrected chi connectivity index (χ2v) is 2.07. The van der Waals surface area contributed by atoms with Crippen molar-refractivity contribution >= 4 is 22.8 Å². The lowest BCUT2D eigenvalue weighted by atomic mass is 10.6. The molecule has 2 heterocycles. The van der Waals surface area contributed by atoms with E-state index in [1.807, 2.05) is 0 Å². The van der Waals surface area contributed by atoms with Crippen LogP contribution in [-0.4, -0.2) is 19.9 Å². The maximum Gasteiger partial charge on any atom is 0.182 e. The Bertz CT molecular complexity index is 355. The van der Waals surface area contributed by atoms with Crippen molar-refractivity contribution in [1.82, 2.24) is 19.9 Å². The SMILES string of the molecule is Clc1ncnc2n[c][nH]c12. The van der Waals surface area contributed by atoms with Crippen LogP contribution in [0.2, 0.25) is 5.15 Å². The van der Waals surface area contributed by atoms with Gasteiger partial charge in [-0.2, -0.15) is 0 Å². The molecule has 2 aromatic heterocycles. The van der Waals surface area contributed by atoms with Crippen LogP contribution in [-0.2, 0) is 0 Å². The molecule has 2 aromatic rings. The summed E-state index contributed by atoms with van der Waals surface area (Å²) < 4.78 is 0.